The van der Waals surface area contributed by atoms with Crippen LogP contribution in [-0.4, -0.2) is 0 Å². The molecular weight excluding hydrogens is 216 g/mol. The van der Waals surface area contributed by atoms with Gasteiger partial charge in [0.2, 0.25) is 0 Å². The standard InChI is InChI=1S/C18H34/c1-17(2)12-10-16(11-13-17)18(3,4)14-15-8-6-5-7-9-15/h15-16H,5-14H2,1-4H3. The van der Waals surface area contributed by atoms with Gasteiger partial charge in [0.25, 0.3) is 0 Å². The van der Waals surface area contributed by atoms with Gasteiger partial charge in [-0.05, 0) is 54.8 Å². The van der Waals surface area contributed by atoms with E-state index in [0.717, 1.165) is 11.8 Å². The van der Waals surface area contributed by atoms with E-state index in [1.807, 2.05) is 0 Å². The molecule has 0 unspecified atom stereocenters. The summed E-state index contributed by atoms with van der Waals surface area (Å²) in [4.78, 5) is 0. The molecule has 0 heteroatoms. The van der Waals surface area contributed by atoms with Crippen molar-refractivity contribution < 1.29 is 0 Å². The van der Waals surface area contributed by atoms with Gasteiger partial charge in [0.1, 0.15) is 0 Å². The van der Waals surface area contributed by atoms with E-state index in [4.69, 9.17) is 0 Å². The van der Waals surface area contributed by atoms with E-state index < -0.39 is 0 Å². The molecule has 2 saturated carbocycles. The summed E-state index contributed by atoms with van der Waals surface area (Å²) in [6.45, 7) is 10.0. The van der Waals surface area contributed by atoms with Crippen molar-refractivity contribution in [2.75, 3.05) is 0 Å². The lowest BCUT2D eigenvalue weighted by Crippen LogP contribution is -2.33. The van der Waals surface area contributed by atoms with E-state index in [1.54, 1.807) is 0 Å². The highest BCUT2D eigenvalue weighted by Crippen LogP contribution is 2.48. The highest BCUT2D eigenvalue weighted by Gasteiger charge is 2.37. The van der Waals surface area contributed by atoms with Gasteiger partial charge in [0.15, 0.2) is 0 Å². The average Bonchev–Trinajstić information content (AvgIpc) is 2.29. The third kappa shape index (κ3) is 3.75. The molecule has 0 N–H and O–H groups in total. The van der Waals surface area contributed by atoms with Gasteiger partial charge in [-0.2, -0.15) is 0 Å². The summed E-state index contributed by atoms with van der Waals surface area (Å²) in [6.07, 6.45) is 14.9. The average molecular weight is 250 g/mol. The van der Waals surface area contributed by atoms with Crippen molar-refractivity contribution in [1.82, 2.24) is 0 Å². The molecule has 0 heterocycles. The van der Waals surface area contributed by atoms with E-state index in [-0.39, 0.29) is 0 Å². The van der Waals surface area contributed by atoms with Gasteiger partial charge in [-0.15, -0.1) is 0 Å². The van der Waals surface area contributed by atoms with Crippen LogP contribution in [0.5, 0.6) is 0 Å². The minimum Gasteiger partial charge on any atom is -0.0599 e. The summed E-state index contributed by atoms with van der Waals surface area (Å²) in [6, 6.07) is 0. The number of hydrogen-bond donors (Lipinski definition) is 0. The third-order valence-corrected chi connectivity index (χ3v) is 5.98. The van der Waals surface area contributed by atoms with Crippen LogP contribution in [0.3, 0.4) is 0 Å². The van der Waals surface area contributed by atoms with Gasteiger partial charge in [-0.25, -0.2) is 0 Å². The summed E-state index contributed by atoms with van der Waals surface area (Å²) in [7, 11) is 0. The van der Waals surface area contributed by atoms with Gasteiger partial charge in [0, 0.05) is 0 Å². The molecule has 0 atom stereocenters. The molecule has 0 saturated heterocycles. The Morgan fingerprint density at radius 2 is 1.44 bits per heavy atom. The molecule has 0 bridgehead atoms. The van der Waals surface area contributed by atoms with Crippen LogP contribution in [-0.2, 0) is 0 Å². The van der Waals surface area contributed by atoms with Gasteiger partial charge in [0.05, 0.1) is 0 Å². The first-order valence-corrected chi connectivity index (χ1v) is 8.39. The van der Waals surface area contributed by atoms with Gasteiger partial charge in [-0.3, -0.25) is 0 Å². The smallest absolute Gasteiger partial charge is 0.0323 e. The zero-order chi connectivity index (χ0) is 13.2. The summed E-state index contributed by atoms with van der Waals surface area (Å²) in [5, 5.41) is 0. The quantitative estimate of drug-likeness (QED) is 0.559. The molecule has 0 aromatic rings. The molecule has 2 rings (SSSR count). The summed E-state index contributed by atoms with van der Waals surface area (Å²) >= 11 is 0. The van der Waals surface area contributed by atoms with Crippen LogP contribution < -0.4 is 0 Å². The van der Waals surface area contributed by atoms with E-state index in [9.17, 15) is 0 Å². The molecule has 2 aliphatic rings. The monoisotopic (exact) mass is 250 g/mol. The predicted octanol–water partition coefficient (Wildman–Crippen LogP) is 6.20. The van der Waals surface area contributed by atoms with Crippen LogP contribution in [0.1, 0.15) is 91.9 Å². The molecule has 106 valence electrons. The van der Waals surface area contributed by atoms with Crippen LogP contribution in [0.4, 0.5) is 0 Å². The lowest BCUT2D eigenvalue weighted by atomic mass is 9.62. The Labute approximate surface area is 115 Å². The second-order valence-corrected chi connectivity index (χ2v) is 8.64. The van der Waals surface area contributed by atoms with Crippen molar-refractivity contribution in [3.63, 3.8) is 0 Å². The SMILES string of the molecule is CC1(C)CCC(C(C)(C)CC2CCCCC2)CC1. The fourth-order valence-electron chi connectivity index (χ4n) is 4.48. The second-order valence-electron chi connectivity index (χ2n) is 8.64. The molecule has 0 radical (unpaired) electrons. The molecule has 18 heavy (non-hydrogen) atoms. The van der Waals surface area contributed by atoms with Crippen LogP contribution in [0.2, 0.25) is 0 Å². The van der Waals surface area contributed by atoms with E-state index >= 15 is 0 Å². The lowest BCUT2D eigenvalue weighted by molar-refractivity contribution is 0.0716. The van der Waals surface area contributed by atoms with E-state index in [1.165, 1.54) is 64.2 Å². The fourth-order valence-corrected chi connectivity index (χ4v) is 4.48. The maximum absolute atomic E-state index is 2.56. The minimum atomic E-state index is 0.596. The van der Waals surface area contributed by atoms with Crippen LogP contribution in [0.15, 0.2) is 0 Å². The Kier molecular flexibility index (Phi) is 4.44. The van der Waals surface area contributed by atoms with Crippen molar-refractivity contribution >= 4 is 0 Å². The molecule has 0 aliphatic heterocycles. The van der Waals surface area contributed by atoms with Gasteiger partial charge < -0.3 is 0 Å². The molecule has 0 amide bonds. The Balaban J connectivity index is 1.86. The molecule has 2 fully saturated rings. The summed E-state index contributed by atoms with van der Waals surface area (Å²) in [5.41, 5.74) is 1.22. The molecule has 0 spiro atoms. The highest BCUT2D eigenvalue weighted by atomic mass is 14.4. The Morgan fingerprint density at radius 1 is 0.889 bits per heavy atom. The van der Waals surface area contributed by atoms with Crippen LogP contribution in [0.25, 0.3) is 0 Å². The molecular formula is C18H34. The van der Waals surface area contributed by atoms with E-state index in [2.05, 4.69) is 27.7 Å². The molecule has 0 aromatic heterocycles. The largest absolute Gasteiger partial charge is 0.0599 e. The second kappa shape index (κ2) is 5.55. The molecule has 2 aliphatic carbocycles. The van der Waals surface area contributed by atoms with Crippen molar-refractivity contribution in [3.8, 4) is 0 Å². The third-order valence-electron chi connectivity index (χ3n) is 5.98. The zero-order valence-electron chi connectivity index (χ0n) is 13.2. The zero-order valence-corrected chi connectivity index (χ0v) is 13.2. The van der Waals surface area contributed by atoms with Crippen molar-refractivity contribution in [3.05, 3.63) is 0 Å². The Morgan fingerprint density at radius 3 is 2.00 bits per heavy atom. The van der Waals surface area contributed by atoms with Crippen LogP contribution in [0, 0.1) is 22.7 Å². The van der Waals surface area contributed by atoms with Gasteiger partial charge >= 0.3 is 0 Å². The normalized spacial score (nSPS) is 27.3. The van der Waals surface area contributed by atoms with Crippen molar-refractivity contribution in [2.24, 2.45) is 22.7 Å². The van der Waals surface area contributed by atoms with Gasteiger partial charge in [-0.1, -0.05) is 59.8 Å². The fraction of sp³-hybridized carbons (Fsp3) is 1.00. The topological polar surface area (TPSA) is 0 Å². The van der Waals surface area contributed by atoms with Crippen molar-refractivity contribution in [1.29, 1.82) is 0 Å². The maximum Gasteiger partial charge on any atom is -0.0323 e. The number of rotatable bonds is 3. The Bertz CT molecular complexity index is 245. The van der Waals surface area contributed by atoms with Crippen molar-refractivity contribution in [2.45, 2.75) is 91.9 Å². The first-order valence-electron chi connectivity index (χ1n) is 8.39. The first kappa shape index (κ1) is 14.4. The predicted molar refractivity (Wildman–Crippen MR) is 80.7 cm³/mol. The lowest BCUT2D eigenvalue weighted by Gasteiger charge is -2.44. The number of hydrogen-bond acceptors (Lipinski definition) is 0. The Hall–Kier alpha value is 0. The summed E-state index contributed by atoms with van der Waals surface area (Å²) in [5.74, 6) is 2.04. The maximum atomic E-state index is 2.56. The van der Waals surface area contributed by atoms with Crippen LogP contribution >= 0.6 is 0 Å². The minimum absolute atomic E-state index is 0.596. The van der Waals surface area contributed by atoms with E-state index in [0.29, 0.717) is 10.8 Å². The first-order chi connectivity index (χ1) is 8.39. The molecule has 0 aromatic carbocycles. The molecule has 0 nitrogen and oxygen atoms in total. The summed E-state index contributed by atoms with van der Waals surface area (Å²) < 4.78 is 0. The highest BCUT2D eigenvalue weighted by molar-refractivity contribution is 4.88.